The first kappa shape index (κ1) is 23.8. The van der Waals surface area contributed by atoms with E-state index in [2.05, 4.69) is 16.7 Å². The summed E-state index contributed by atoms with van der Waals surface area (Å²) in [4.78, 5) is 37.7. The number of ether oxygens (including phenoxy) is 2. The molecule has 170 valence electrons. The van der Waals surface area contributed by atoms with Crippen molar-refractivity contribution in [2.75, 3.05) is 25.3 Å². The van der Waals surface area contributed by atoms with Gasteiger partial charge in [-0.2, -0.15) is 5.26 Å². The second kappa shape index (κ2) is 10.7. The minimum atomic E-state index is -1.31. The Kier molecular flexibility index (Phi) is 7.69. The number of nitrogens with zero attached hydrogens (tertiary/aromatic N) is 1. The summed E-state index contributed by atoms with van der Waals surface area (Å²) in [6, 6.07) is 14.1. The van der Waals surface area contributed by atoms with Crippen molar-refractivity contribution >= 4 is 35.2 Å². The number of anilines is 1. The van der Waals surface area contributed by atoms with E-state index in [0.29, 0.717) is 17.0 Å². The number of nitriles is 1. The molecular weight excluding hydrogens is 449 g/mol. The third-order valence-electron chi connectivity index (χ3n) is 4.93. The number of nitrogens with one attached hydrogen (secondary N) is 2. The summed E-state index contributed by atoms with van der Waals surface area (Å²) in [7, 11) is 2.61. The van der Waals surface area contributed by atoms with Crippen molar-refractivity contribution in [2.45, 2.75) is 5.92 Å². The van der Waals surface area contributed by atoms with Crippen LogP contribution in [0.1, 0.15) is 11.5 Å². The molecule has 0 spiro atoms. The van der Waals surface area contributed by atoms with Gasteiger partial charge in [-0.25, -0.2) is 4.39 Å². The topological polar surface area (TPSA) is 118 Å². The first-order chi connectivity index (χ1) is 15.9. The van der Waals surface area contributed by atoms with Crippen molar-refractivity contribution in [3.05, 3.63) is 70.5 Å². The number of rotatable bonds is 7. The van der Waals surface area contributed by atoms with Crippen molar-refractivity contribution in [3.63, 3.8) is 0 Å². The van der Waals surface area contributed by atoms with Crippen LogP contribution in [0, 0.1) is 23.1 Å². The minimum Gasteiger partial charge on any atom is -0.496 e. The molecule has 0 radical (unpaired) electrons. The highest BCUT2D eigenvalue weighted by Crippen LogP contribution is 2.43. The Morgan fingerprint density at radius 2 is 1.88 bits per heavy atom. The largest absolute Gasteiger partial charge is 0.496 e. The average molecular weight is 469 g/mol. The van der Waals surface area contributed by atoms with Gasteiger partial charge < -0.3 is 20.1 Å². The Hall–Kier alpha value is -3.84. The van der Waals surface area contributed by atoms with Crippen LogP contribution in [-0.2, 0) is 19.1 Å². The van der Waals surface area contributed by atoms with E-state index in [-0.39, 0.29) is 16.4 Å². The van der Waals surface area contributed by atoms with Crippen LogP contribution in [0.2, 0.25) is 0 Å². The van der Waals surface area contributed by atoms with Crippen LogP contribution in [0.5, 0.6) is 5.75 Å². The van der Waals surface area contributed by atoms with E-state index in [1.807, 2.05) is 0 Å². The van der Waals surface area contributed by atoms with Crippen LogP contribution >= 0.6 is 11.8 Å². The highest BCUT2D eigenvalue weighted by atomic mass is 32.2. The maximum absolute atomic E-state index is 13.0. The molecule has 0 aliphatic carbocycles. The normalized spacial score (nSPS) is 17.6. The predicted molar refractivity (Wildman–Crippen MR) is 120 cm³/mol. The zero-order chi connectivity index (χ0) is 24.0. The number of halogens is 1. The summed E-state index contributed by atoms with van der Waals surface area (Å²) >= 11 is 0.944. The van der Waals surface area contributed by atoms with Crippen LogP contribution in [0.25, 0.3) is 0 Å². The smallest absolute Gasteiger partial charge is 0.319 e. The summed E-state index contributed by atoms with van der Waals surface area (Å²) in [5, 5.41) is 15.3. The molecule has 0 saturated heterocycles. The van der Waals surface area contributed by atoms with Gasteiger partial charge in [0.1, 0.15) is 17.5 Å². The molecule has 0 unspecified atom stereocenters. The Balaban J connectivity index is 1.92. The molecule has 0 aromatic heterocycles. The third kappa shape index (κ3) is 5.32. The molecule has 33 heavy (non-hydrogen) atoms. The second-order valence-corrected chi connectivity index (χ2v) is 7.89. The van der Waals surface area contributed by atoms with Crippen LogP contribution in [0.4, 0.5) is 10.1 Å². The fourth-order valence-electron chi connectivity index (χ4n) is 3.45. The lowest BCUT2D eigenvalue weighted by molar-refractivity contribution is -0.150. The molecule has 2 aromatic rings. The highest BCUT2D eigenvalue weighted by Gasteiger charge is 2.45. The van der Waals surface area contributed by atoms with Crippen LogP contribution in [0.3, 0.4) is 0 Å². The fourth-order valence-corrected chi connectivity index (χ4v) is 4.30. The maximum Gasteiger partial charge on any atom is 0.319 e. The molecule has 8 nitrogen and oxygen atoms in total. The summed E-state index contributed by atoms with van der Waals surface area (Å²) in [6.45, 7) is 0. The number of hydrogen-bond donors (Lipinski definition) is 2. The highest BCUT2D eigenvalue weighted by molar-refractivity contribution is 8.03. The van der Waals surface area contributed by atoms with E-state index in [0.717, 1.165) is 18.9 Å². The van der Waals surface area contributed by atoms with Gasteiger partial charge in [-0.05, 0) is 30.3 Å². The number of methoxy groups -OCH3 is 2. The van der Waals surface area contributed by atoms with Gasteiger partial charge in [0.2, 0.25) is 11.8 Å². The monoisotopic (exact) mass is 469 g/mol. The van der Waals surface area contributed by atoms with E-state index < -0.39 is 35.4 Å². The van der Waals surface area contributed by atoms with E-state index >= 15 is 0 Å². The first-order valence-corrected chi connectivity index (χ1v) is 10.7. The summed E-state index contributed by atoms with van der Waals surface area (Å²) in [5.41, 5.74) is 0.978. The molecule has 2 atom stereocenters. The number of para-hydroxylation sites is 1. The lowest BCUT2D eigenvalue weighted by atomic mass is 9.78. The van der Waals surface area contributed by atoms with Gasteiger partial charge in [0.15, 0.2) is 0 Å². The molecule has 10 heteroatoms. The number of carbonyl (C=O) groups excluding carboxylic acids is 3. The maximum atomic E-state index is 13.0. The first-order valence-electron chi connectivity index (χ1n) is 9.73. The zero-order valence-corrected chi connectivity index (χ0v) is 18.6. The minimum absolute atomic E-state index is 0.106. The van der Waals surface area contributed by atoms with Crippen LogP contribution < -0.4 is 15.4 Å². The van der Waals surface area contributed by atoms with Crippen molar-refractivity contribution in [3.8, 4) is 11.8 Å². The van der Waals surface area contributed by atoms with Gasteiger partial charge in [0.05, 0.1) is 36.6 Å². The number of amides is 2. The van der Waals surface area contributed by atoms with Crippen molar-refractivity contribution in [2.24, 2.45) is 5.92 Å². The fraction of sp³-hybridized carbons (Fsp3) is 0.217. The molecule has 3 rings (SSSR count). The van der Waals surface area contributed by atoms with Gasteiger partial charge in [-0.3, -0.25) is 14.4 Å². The molecule has 0 bridgehead atoms. The molecule has 1 heterocycles. The Labute approximate surface area is 193 Å². The van der Waals surface area contributed by atoms with Gasteiger partial charge >= 0.3 is 5.97 Å². The third-order valence-corrected chi connectivity index (χ3v) is 5.95. The summed E-state index contributed by atoms with van der Waals surface area (Å²) < 4.78 is 23.2. The van der Waals surface area contributed by atoms with Gasteiger partial charge in [-0.15, -0.1) is 0 Å². The molecule has 1 aliphatic heterocycles. The molecule has 2 N–H and O–H groups in total. The van der Waals surface area contributed by atoms with E-state index in [1.54, 1.807) is 24.3 Å². The van der Waals surface area contributed by atoms with Gasteiger partial charge in [-0.1, -0.05) is 30.0 Å². The number of carbonyl (C=O) groups is 3. The molecule has 1 aliphatic rings. The Morgan fingerprint density at radius 1 is 1.18 bits per heavy atom. The van der Waals surface area contributed by atoms with Crippen molar-refractivity contribution in [1.29, 1.82) is 5.26 Å². The number of hydrogen-bond acceptors (Lipinski definition) is 7. The van der Waals surface area contributed by atoms with Crippen LogP contribution in [-0.4, -0.2) is 37.8 Å². The number of thioether (sulfide) groups is 1. The molecular formula is C23H20FN3O5S. The molecule has 0 fully saturated rings. The summed E-state index contributed by atoms with van der Waals surface area (Å²) in [5.74, 6) is -4.31. The molecule has 2 amide bonds. The Bertz CT molecular complexity index is 1140. The van der Waals surface area contributed by atoms with Gasteiger partial charge in [0, 0.05) is 17.2 Å². The standard InChI is InChI=1S/C23H20FN3O5S/c1-31-17-6-4-3-5-15(17)19-16(11-25)22(27-21(29)20(19)23(30)32-2)33-12-18(28)26-14-9-7-13(24)8-10-14/h3-10,19-20H,12H2,1-2H3,(H,26,28)(H,27,29)/t19-,20-/m0/s1. The van der Waals surface area contributed by atoms with Crippen LogP contribution in [0.15, 0.2) is 59.1 Å². The average Bonchev–Trinajstić information content (AvgIpc) is 2.83. The molecule has 0 saturated carbocycles. The number of benzene rings is 2. The van der Waals surface area contributed by atoms with E-state index in [1.165, 1.54) is 31.4 Å². The number of allylic oxidation sites excluding steroid dienone is 1. The second-order valence-electron chi connectivity index (χ2n) is 6.91. The quantitative estimate of drug-likeness (QED) is 0.473. The Morgan fingerprint density at radius 3 is 2.52 bits per heavy atom. The molecule has 2 aromatic carbocycles. The summed E-state index contributed by atoms with van der Waals surface area (Å²) in [6.07, 6.45) is 0. The van der Waals surface area contributed by atoms with Gasteiger partial charge in [0.25, 0.3) is 0 Å². The van der Waals surface area contributed by atoms with Crippen molar-refractivity contribution < 1.29 is 28.2 Å². The SMILES string of the molecule is COC(=O)[C@@H]1C(=O)NC(SCC(=O)Nc2ccc(F)cc2)=C(C#N)[C@@H]1c1ccccc1OC. The van der Waals surface area contributed by atoms with Crippen molar-refractivity contribution in [1.82, 2.24) is 5.32 Å². The lowest BCUT2D eigenvalue weighted by Gasteiger charge is -2.31. The lowest BCUT2D eigenvalue weighted by Crippen LogP contribution is -2.44. The van der Waals surface area contributed by atoms with E-state index in [4.69, 9.17) is 9.47 Å². The van der Waals surface area contributed by atoms with E-state index in [9.17, 15) is 24.0 Å². The number of esters is 1. The predicted octanol–water partition coefficient (Wildman–Crippen LogP) is 2.94. The zero-order valence-electron chi connectivity index (χ0n) is 17.8.